The zero-order valence-corrected chi connectivity index (χ0v) is 7.78. The standard InChI is InChI=1S/C8H19N3/c1-4-5-6-7-9-11-10-8(2)3/h9,11H,4-7H2,1-3H3. The molecule has 0 saturated heterocycles. The van der Waals surface area contributed by atoms with Crippen molar-refractivity contribution in [2.75, 3.05) is 6.54 Å². The molecule has 0 aliphatic rings. The van der Waals surface area contributed by atoms with Gasteiger partial charge in [-0.2, -0.15) is 5.10 Å². The highest BCUT2D eigenvalue weighted by Gasteiger charge is 1.83. The van der Waals surface area contributed by atoms with E-state index in [0.717, 1.165) is 12.3 Å². The lowest BCUT2D eigenvalue weighted by molar-refractivity contribution is 0.528. The first-order valence-electron chi connectivity index (χ1n) is 4.26. The molecule has 0 aromatic heterocycles. The average molecular weight is 157 g/mol. The van der Waals surface area contributed by atoms with Gasteiger partial charge in [-0.1, -0.05) is 19.8 Å². The molecule has 11 heavy (non-hydrogen) atoms. The van der Waals surface area contributed by atoms with Gasteiger partial charge < -0.3 is 0 Å². The predicted molar refractivity (Wildman–Crippen MR) is 49.4 cm³/mol. The molecule has 0 atom stereocenters. The Morgan fingerprint density at radius 3 is 2.55 bits per heavy atom. The maximum Gasteiger partial charge on any atom is 0.0332 e. The fraction of sp³-hybridized carbons (Fsp3) is 0.875. The summed E-state index contributed by atoms with van der Waals surface area (Å²) in [7, 11) is 0. The van der Waals surface area contributed by atoms with E-state index in [9.17, 15) is 0 Å². The molecule has 3 heteroatoms. The number of hydrazine groups is 1. The topological polar surface area (TPSA) is 36.4 Å². The van der Waals surface area contributed by atoms with Gasteiger partial charge in [0.15, 0.2) is 0 Å². The summed E-state index contributed by atoms with van der Waals surface area (Å²) in [5.74, 6) is 0. The molecular formula is C8H19N3. The van der Waals surface area contributed by atoms with Crippen molar-refractivity contribution in [3.8, 4) is 0 Å². The quantitative estimate of drug-likeness (QED) is 0.349. The summed E-state index contributed by atoms with van der Waals surface area (Å²) >= 11 is 0. The van der Waals surface area contributed by atoms with E-state index in [2.05, 4.69) is 23.0 Å². The fourth-order valence-corrected chi connectivity index (χ4v) is 0.671. The van der Waals surface area contributed by atoms with Crippen molar-refractivity contribution in [2.45, 2.75) is 40.0 Å². The molecule has 0 rings (SSSR count). The lowest BCUT2D eigenvalue weighted by Crippen LogP contribution is -2.28. The van der Waals surface area contributed by atoms with Gasteiger partial charge in [0.1, 0.15) is 0 Å². The van der Waals surface area contributed by atoms with Crippen molar-refractivity contribution in [3.05, 3.63) is 0 Å². The third-order valence-corrected chi connectivity index (χ3v) is 1.26. The maximum atomic E-state index is 3.98. The Kier molecular flexibility index (Phi) is 7.15. The molecule has 0 aromatic rings. The van der Waals surface area contributed by atoms with Crippen LogP contribution < -0.4 is 11.0 Å². The van der Waals surface area contributed by atoms with E-state index in [1.165, 1.54) is 19.3 Å². The lowest BCUT2D eigenvalue weighted by atomic mass is 10.3. The van der Waals surface area contributed by atoms with Crippen LogP contribution in [0.3, 0.4) is 0 Å². The summed E-state index contributed by atoms with van der Waals surface area (Å²) in [6, 6.07) is 0. The van der Waals surface area contributed by atoms with E-state index in [-0.39, 0.29) is 0 Å². The summed E-state index contributed by atoms with van der Waals surface area (Å²) in [5, 5.41) is 3.98. The normalized spacial score (nSPS) is 9.36. The molecule has 0 heterocycles. The first-order chi connectivity index (χ1) is 5.27. The van der Waals surface area contributed by atoms with Crippen LogP contribution in [0.15, 0.2) is 5.10 Å². The second-order valence-electron chi connectivity index (χ2n) is 2.80. The van der Waals surface area contributed by atoms with Gasteiger partial charge in [-0.3, -0.25) is 0 Å². The Morgan fingerprint density at radius 2 is 2.00 bits per heavy atom. The number of hydrazone groups is 1. The summed E-state index contributed by atoms with van der Waals surface area (Å²) < 4.78 is 0. The van der Waals surface area contributed by atoms with E-state index >= 15 is 0 Å². The van der Waals surface area contributed by atoms with Gasteiger partial charge in [-0.15, -0.1) is 0 Å². The molecule has 0 spiro atoms. The summed E-state index contributed by atoms with van der Waals surface area (Å²) in [4.78, 5) is 0. The Hall–Kier alpha value is -0.570. The summed E-state index contributed by atoms with van der Waals surface area (Å²) in [6.45, 7) is 7.10. The van der Waals surface area contributed by atoms with Crippen molar-refractivity contribution < 1.29 is 0 Å². The summed E-state index contributed by atoms with van der Waals surface area (Å²) in [6.07, 6.45) is 3.75. The van der Waals surface area contributed by atoms with E-state index in [1.807, 2.05) is 13.8 Å². The molecule has 3 nitrogen and oxygen atoms in total. The van der Waals surface area contributed by atoms with Gasteiger partial charge in [0.05, 0.1) is 0 Å². The highest BCUT2D eigenvalue weighted by Crippen LogP contribution is 1.89. The van der Waals surface area contributed by atoms with Crippen molar-refractivity contribution in [2.24, 2.45) is 5.10 Å². The maximum absolute atomic E-state index is 3.98. The van der Waals surface area contributed by atoms with Crippen LogP contribution in [-0.4, -0.2) is 12.3 Å². The zero-order chi connectivity index (χ0) is 8.53. The van der Waals surface area contributed by atoms with E-state index in [0.29, 0.717) is 0 Å². The van der Waals surface area contributed by atoms with E-state index in [4.69, 9.17) is 0 Å². The lowest BCUT2D eigenvalue weighted by Gasteiger charge is -2.02. The largest absolute Gasteiger partial charge is 0.243 e. The highest BCUT2D eigenvalue weighted by atomic mass is 15.5. The van der Waals surface area contributed by atoms with Crippen LogP contribution in [0.4, 0.5) is 0 Å². The van der Waals surface area contributed by atoms with Gasteiger partial charge in [-0.05, 0) is 20.3 Å². The minimum Gasteiger partial charge on any atom is -0.243 e. The van der Waals surface area contributed by atoms with Gasteiger partial charge in [0, 0.05) is 12.3 Å². The van der Waals surface area contributed by atoms with Gasteiger partial charge >= 0.3 is 0 Å². The molecule has 0 bridgehead atoms. The van der Waals surface area contributed by atoms with Crippen LogP contribution in [0, 0.1) is 0 Å². The van der Waals surface area contributed by atoms with E-state index in [1.54, 1.807) is 0 Å². The van der Waals surface area contributed by atoms with Crippen LogP contribution in [0.2, 0.25) is 0 Å². The first kappa shape index (κ1) is 10.4. The van der Waals surface area contributed by atoms with Crippen LogP contribution in [0.1, 0.15) is 40.0 Å². The average Bonchev–Trinajstić information content (AvgIpc) is 1.96. The Balaban J connectivity index is 2.97. The van der Waals surface area contributed by atoms with Crippen LogP contribution in [0.5, 0.6) is 0 Å². The second-order valence-corrected chi connectivity index (χ2v) is 2.80. The monoisotopic (exact) mass is 157 g/mol. The molecule has 0 aliphatic carbocycles. The predicted octanol–water partition coefficient (Wildman–Crippen LogP) is 1.67. The second kappa shape index (κ2) is 7.54. The van der Waals surface area contributed by atoms with Crippen molar-refractivity contribution in [1.29, 1.82) is 0 Å². The number of unbranched alkanes of at least 4 members (excludes halogenated alkanes) is 2. The zero-order valence-electron chi connectivity index (χ0n) is 7.78. The summed E-state index contributed by atoms with van der Waals surface area (Å²) in [5.41, 5.74) is 6.83. The third-order valence-electron chi connectivity index (χ3n) is 1.26. The molecule has 2 N–H and O–H groups in total. The number of hydrogen-bond acceptors (Lipinski definition) is 3. The third kappa shape index (κ3) is 9.43. The van der Waals surface area contributed by atoms with E-state index < -0.39 is 0 Å². The molecule has 0 unspecified atom stereocenters. The minimum absolute atomic E-state index is 0.991. The highest BCUT2D eigenvalue weighted by molar-refractivity contribution is 5.78. The van der Waals surface area contributed by atoms with Crippen LogP contribution in [0.25, 0.3) is 0 Å². The van der Waals surface area contributed by atoms with Crippen molar-refractivity contribution in [1.82, 2.24) is 11.0 Å². The van der Waals surface area contributed by atoms with Crippen molar-refractivity contribution in [3.63, 3.8) is 0 Å². The first-order valence-corrected chi connectivity index (χ1v) is 4.26. The molecule has 66 valence electrons. The van der Waals surface area contributed by atoms with Gasteiger partial charge in [-0.25, -0.2) is 11.0 Å². The smallest absolute Gasteiger partial charge is 0.0332 e. The fourth-order valence-electron chi connectivity index (χ4n) is 0.671. The molecule has 0 fully saturated rings. The van der Waals surface area contributed by atoms with Gasteiger partial charge in [0.25, 0.3) is 0 Å². The van der Waals surface area contributed by atoms with Gasteiger partial charge in [0.2, 0.25) is 0 Å². The van der Waals surface area contributed by atoms with Crippen molar-refractivity contribution >= 4 is 5.71 Å². The molecule has 0 saturated carbocycles. The molecule has 0 aliphatic heterocycles. The number of nitrogens with one attached hydrogen (secondary N) is 2. The Bertz CT molecular complexity index is 106. The SMILES string of the molecule is CCCCCNNN=C(C)C. The molecule has 0 aromatic carbocycles. The minimum atomic E-state index is 0.991. The molecule has 0 amide bonds. The molecule has 0 radical (unpaired) electrons. The Morgan fingerprint density at radius 1 is 1.27 bits per heavy atom. The van der Waals surface area contributed by atoms with Crippen LogP contribution in [-0.2, 0) is 0 Å². The number of hydrogen-bond donors (Lipinski definition) is 2. The molecular weight excluding hydrogens is 138 g/mol. The van der Waals surface area contributed by atoms with Crippen LogP contribution >= 0.6 is 0 Å². The Labute approximate surface area is 69.2 Å². The number of rotatable bonds is 6. The number of nitrogens with zero attached hydrogens (tertiary/aromatic N) is 1.